The van der Waals surface area contributed by atoms with E-state index in [9.17, 15) is 4.79 Å². The molecule has 3 nitrogen and oxygen atoms in total. The van der Waals surface area contributed by atoms with Crippen LogP contribution in [-0.2, 0) is 11.2 Å². The van der Waals surface area contributed by atoms with Gasteiger partial charge < -0.3 is 4.74 Å². The molecule has 1 aliphatic heterocycles. The lowest BCUT2D eigenvalue weighted by atomic mass is 9.81. The minimum Gasteiger partial charge on any atom is -0.369 e. The Morgan fingerprint density at radius 3 is 2.63 bits per heavy atom. The summed E-state index contributed by atoms with van der Waals surface area (Å²) < 4.78 is 6.03. The second-order valence-electron chi connectivity index (χ2n) is 6.47. The van der Waals surface area contributed by atoms with E-state index >= 15 is 0 Å². The van der Waals surface area contributed by atoms with Crippen molar-refractivity contribution in [3.05, 3.63) is 29.6 Å². The molecule has 0 N–H and O–H groups in total. The van der Waals surface area contributed by atoms with Gasteiger partial charge in [0.15, 0.2) is 5.78 Å². The normalized spacial score (nSPS) is 24.4. The average Bonchev–Trinajstić information content (AvgIpc) is 2.56. The van der Waals surface area contributed by atoms with Crippen LogP contribution in [0.3, 0.4) is 0 Å². The molecular formula is C16H23NO2. The molecule has 0 saturated carbocycles. The van der Waals surface area contributed by atoms with Crippen LogP contribution < -0.4 is 0 Å². The summed E-state index contributed by atoms with van der Waals surface area (Å²) in [6.45, 7) is 10.2. The Morgan fingerprint density at radius 1 is 1.42 bits per heavy atom. The molecule has 2 heterocycles. The summed E-state index contributed by atoms with van der Waals surface area (Å²) in [5, 5.41) is 0. The molecule has 0 bridgehead atoms. The first-order valence-corrected chi connectivity index (χ1v) is 6.94. The van der Waals surface area contributed by atoms with E-state index in [2.05, 4.69) is 18.8 Å². The first kappa shape index (κ1) is 14.2. The van der Waals surface area contributed by atoms with Gasteiger partial charge in [0.05, 0.1) is 17.1 Å². The number of Topliss-reactive ketones (excluding diaryl/α,β-unsaturated/α-hetero) is 1. The summed E-state index contributed by atoms with van der Waals surface area (Å²) in [6, 6.07) is 1.84. The molecule has 1 aliphatic rings. The van der Waals surface area contributed by atoms with Crippen molar-refractivity contribution in [2.45, 2.75) is 58.7 Å². The Bertz CT molecular complexity index is 491. The van der Waals surface area contributed by atoms with Gasteiger partial charge >= 0.3 is 0 Å². The first-order chi connectivity index (χ1) is 8.77. The molecule has 1 aromatic rings. The molecule has 0 aromatic carbocycles. The predicted molar refractivity (Wildman–Crippen MR) is 75.3 cm³/mol. The van der Waals surface area contributed by atoms with Crippen molar-refractivity contribution in [2.75, 3.05) is 0 Å². The van der Waals surface area contributed by atoms with E-state index in [-0.39, 0.29) is 17.3 Å². The van der Waals surface area contributed by atoms with Gasteiger partial charge in [-0.15, -0.1) is 0 Å². The summed E-state index contributed by atoms with van der Waals surface area (Å²) in [5.41, 5.74) is 1.18. The smallest absolute Gasteiger partial charge is 0.169 e. The van der Waals surface area contributed by atoms with E-state index in [0.29, 0.717) is 0 Å². The third kappa shape index (κ3) is 2.71. The lowest BCUT2D eigenvalue weighted by Crippen LogP contribution is -2.34. The van der Waals surface area contributed by atoms with Gasteiger partial charge in [0.1, 0.15) is 0 Å². The van der Waals surface area contributed by atoms with Crippen LogP contribution in [0.2, 0.25) is 0 Å². The van der Waals surface area contributed by atoms with Gasteiger partial charge in [-0.25, -0.2) is 0 Å². The summed E-state index contributed by atoms with van der Waals surface area (Å²) >= 11 is 0. The van der Waals surface area contributed by atoms with Gasteiger partial charge in [-0.3, -0.25) is 9.78 Å². The Morgan fingerprint density at radius 2 is 2.11 bits per heavy atom. The lowest BCUT2D eigenvalue weighted by molar-refractivity contribution is -0.0712. The van der Waals surface area contributed by atoms with Crippen molar-refractivity contribution in [1.29, 1.82) is 0 Å². The molecule has 1 aromatic heterocycles. The Balaban J connectivity index is 2.34. The topological polar surface area (TPSA) is 39.2 Å². The SMILES string of the molecule is CCc1cnccc1C(=O)C1CC(C)(C)OC1(C)C. The average molecular weight is 261 g/mol. The van der Waals surface area contributed by atoms with E-state index in [1.165, 1.54) is 0 Å². The van der Waals surface area contributed by atoms with Crippen LogP contribution in [0.4, 0.5) is 0 Å². The van der Waals surface area contributed by atoms with Crippen LogP contribution in [0.5, 0.6) is 0 Å². The summed E-state index contributed by atoms with van der Waals surface area (Å²) in [7, 11) is 0. The van der Waals surface area contributed by atoms with E-state index in [0.717, 1.165) is 24.0 Å². The van der Waals surface area contributed by atoms with E-state index < -0.39 is 5.60 Å². The summed E-state index contributed by atoms with van der Waals surface area (Å²) in [6.07, 6.45) is 5.08. The fourth-order valence-corrected chi connectivity index (χ4v) is 3.11. The van der Waals surface area contributed by atoms with Crippen molar-refractivity contribution in [2.24, 2.45) is 5.92 Å². The standard InChI is InChI=1S/C16H23NO2/c1-6-11-10-17-8-7-12(11)14(18)13-9-15(2,3)19-16(13,4)5/h7-8,10,13H,6,9H2,1-5H3. The Labute approximate surface area is 115 Å². The number of hydrogen-bond donors (Lipinski definition) is 0. The van der Waals surface area contributed by atoms with Crippen LogP contribution in [0.15, 0.2) is 18.5 Å². The maximum atomic E-state index is 12.8. The number of aryl methyl sites for hydroxylation is 1. The number of ether oxygens (including phenoxy) is 1. The van der Waals surface area contributed by atoms with E-state index in [1.807, 2.05) is 26.8 Å². The highest BCUT2D eigenvalue weighted by Gasteiger charge is 2.49. The van der Waals surface area contributed by atoms with Crippen molar-refractivity contribution >= 4 is 5.78 Å². The van der Waals surface area contributed by atoms with E-state index in [4.69, 9.17) is 4.74 Å². The zero-order valence-corrected chi connectivity index (χ0v) is 12.5. The maximum absolute atomic E-state index is 12.8. The number of hydrogen-bond acceptors (Lipinski definition) is 3. The zero-order chi connectivity index (χ0) is 14.3. The fourth-order valence-electron chi connectivity index (χ4n) is 3.11. The molecule has 0 amide bonds. The predicted octanol–water partition coefficient (Wildman–Crippen LogP) is 3.42. The minimum absolute atomic E-state index is 0.0878. The summed E-state index contributed by atoms with van der Waals surface area (Å²) in [5.74, 6) is 0.102. The molecule has 2 rings (SSSR count). The van der Waals surface area contributed by atoms with Gasteiger partial charge in [0.25, 0.3) is 0 Å². The molecule has 1 saturated heterocycles. The zero-order valence-electron chi connectivity index (χ0n) is 12.5. The van der Waals surface area contributed by atoms with E-state index in [1.54, 1.807) is 12.4 Å². The second-order valence-corrected chi connectivity index (χ2v) is 6.47. The highest BCUT2D eigenvalue weighted by atomic mass is 16.5. The van der Waals surface area contributed by atoms with Crippen molar-refractivity contribution in [1.82, 2.24) is 4.98 Å². The fraction of sp³-hybridized carbons (Fsp3) is 0.625. The van der Waals surface area contributed by atoms with Crippen molar-refractivity contribution < 1.29 is 9.53 Å². The molecule has 1 unspecified atom stereocenters. The lowest BCUT2D eigenvalue weighted by Gasteiger charge is -2.27. The number of nitrogens with zero attached hydrogens (tertiary/aromatic N) is 1. The van der Waals surface area contributed by atoms with Crippen LogP contribution in [0, 0.1) is 5.92 Å². The molecule has 0 aliphatic carbocycles. The Hall–Kier alpha value is -1.22. The van der Waals surface area contributed by atoms with Crippen molar-refractivity contribution in [3.63, 3.8) is 0 Å². The molecular weight excluding hydrogens is 238 g/mol. The molecule has 19 heavy (non-hydrogen) atoms. The molecule has 0 radical (unpaired) electrons. The first-order valence-electron chi connectivity index (χ1n) is 6.94. The Kier molecular flexibility index (Phi) is 3.52. The van der Waals surface area contributed by atoms with Gasteiger partial charge in [0.2, 0.25) is 0 Å². The number of rotatable bonds is 3. The number of aromatic nitrogens is 1. The number of carbonyl (C=O) groups is 1. The van der Waals surface area contributed by atoms with Gasteiger partial charge in [0, 0.05) is 18.0 Å². The van der Waals surface area contributed by atoms with Crippen LogP contribution in [0.25, 0.3) is 0 Å². The highest BCUT2D eigenvalue weighted by molar-refractivity contribution is 6.00. The largest absolute Gasteiger partial charge is 0.369 e. The number of pyridine rings is 1. The van der Waals surface area contributed by atoms with Crippen LogP contribution in [0.1, 0.15) is 57.0 Å². The second kappa shape index (κ2) is 4.71. The maximum Gasteiger partial charge on any atom is 0.169 e. The van der Waals surface area contributed by atoms with Crippen LogP contribution in [-0.4, -0.2) is 22.0 Å². The molecule has 0 spiro atoms. The minimum atomic E-state index is -0.408. The van der Waals surface area contributed by atoms with Crippen molar-refractivity contribution in [3.8, 4) is 0 Å². The molecule has 104 valence electrons. The highest BCUT2D eigenvalue weighted by Crippen LogP contribution is 2.43. The van der Waals surface area contributed by atoms with Gasteiger partial charge in [-0.2, -0.15) is 0 Å². The van der Waals surface area contributed by atoms with Crippen LogP contribution >= 0.6 is 0 Å². The number of ketones is 1. The molecule has 1 fully saturated rings. The van der Waals surface area contributed by atoms with Gasteiger partial charge in [-0.05, 0) is 52.2 Å². The quantitative estimate of drug-likeness (QED) is 0.783. The molecule has 1 atom stereocenters. The van der Waals surface area contributed by atoms with Gasteiger partial charge in [-0.1, -0.05) is 6.92 Å². The number of carbonyl (C=O) groups excluding carboxylic acids is 1. The monoisotopic (exact) mass is 261 g/mol. The molecule has 3 heteroatoms. The summed E-state index contributed by atoms with van der Waals surface area (Å²) in [4.78, 5) is 16.9. The third-order valence-corrected chi connectivity index (χ3v) is 3.94. The third-order valence-electron chi connectivity index (χ3n) is 3.94.